The molecule has 82 heavy (non-hydrogen) atoms. The van der Waals surface area contributed by atoms with Gasteiger partial charge in [0.2, 0.25) is 53.2 Å². The molecule has 0 aromatic rings. The number of ether oxygens (including phenoxy) is 1. The van der Waals surface area contributed by atoms with Gasteiger partial charge in [0.1, 0.15) is 60.5 Å². The van der Waals surface area contributed by atoms with Gasteiger partial charge in [0.15, 0.2) is 0 Å². The summed E-state index contributed by atoms with van der Waals surface area (Å²) in [4.78, 5) is 153. The van der Waals surface area contributed by atoms with Crippen molar-refractivity contribution in [1.82, 2.24) is 47.9 Å². The second kappa shape index (κ2) is 38.8. The average molecular weight is 1170 g/mol. The molecule has 25 heteroatoms. The monoisotopic (exact) mass is 1170 g/mol. The molecule has 1 saturated heterocycles. The minimum Gasteiger partial charge on any atom is -0.481 e. The zero-order chi connectivity index (χ0) is 62.4. The van der Waals surface area contributed by atoms with Crippen LogP contribution in [-0.2, 0) is 57.5 Å². The number of hydrogen-bond acceptors (Lipinski definition) is 15. The van der Waals surface area contributed by atoms with Crippen molar-refractivity contribution >= 4 is 65.1 Å². The first-order chi connectivity index (χ1) is 38.5. The summed E-state index contributed by atoms with van der Waals surface area (Å²) in [6.45, 7) is 18.5. The highest BCUT2D eigenvalue weighted by Crippen LogP contribution is 2.18. The van der Waals surface area contributed by atoms with Gasteiger partial charge < -0.3 is 73.0 Å². The van der Waals surface area contributed by atoms with Crippen LogP contribution in [0.1, 0.15) is 186 Å². The number of cyclic esters (lactones) is 1. The van der Waals surface area contributed by atoms with Crippen LogP contribution >= 0.6 is 0 Å². The molecule has 13 N–H and O–H groups in total. The van der Waals surface area contributed by atoms with Crippen molar-refractivity contribution in [2.24, 2.45) is 29.6 Å². The molecule has 25 nitrogen and oxygen atoms in total. The third-order valence-corrected chi connectivity index (χ3v) is 14.4. The van der Waals surface area contributed by atoms with E-state index in [0.29, 0.717) is 12.8 Å². The number of carboxylic acid groups (broad SMARTS) is 1. The topological polar surface area (TPSA) is 386 Å². The smallest absolute Gasteiger partial charge is 0.329 e. The highest BCUT2D eigenvalue weighted by molar-refractivity contribution is 5.99. The summed E-state index contributed by atoms with van der Waals surface area (Å²) < 4.78 is 5.85. The number of hydrogen-bond donors (Lipinski definition) is 13. The van der Waals surface area contributed by atoms with Crippen LogP contribution in [0, 0.1) is 29.6 Å². The largest absolute Gasteiger partial charge is 0.481 e. The molecule has 1 heterocycles. The van der Waals surface area contributed by atoms with Crippen LogP contribution in [0.3, 0.4) is 0 Å². The van der Waals surface area contributed by atoms with Crippen LogP contribution in [0.15, 0.2) is 0 Å². The molecule has 0 saturated carbocycles. The van der Waals surface area contributed by atoms with E-state index >= 15 is 0 Å². The van der Waals surface area contributed by atoms with Gasteiger partial charge in [-0.25, -0.2) is 4.79 Å². The molecule has 0 aliphatic carbocycles. The van der Waals surface area contributed by atoms with E-state index in [1.54, 1.807) is 69.2 Å². The molecule has 0 bridgehead atoms. The summed E-state index contributed by atoms with van der Waals surface area (Å²) in [5.74, 6) is -13.3. The van der Waals surface area contributed by atoms with Crippen molar-refractivity contribution in [3.8, 4) is 0 Å². The predicted octanol–water partition coefficient (Wildman–Crippen LogP) is 1.27. The molecule has 3 unspecified atom stereocenters. The van der Waals surface area contributed by atoms with Crippen molar-refractivity contribution in [1.29, 1.82) is 0 Å². The van der Waals surface area contributed by atoms with E-state index in [0.717, 1.165) is 38.5 Å². The number of rotatable bonds is 30. The Labute approximate surface area is 484 Å². The summed E-state index contributed by atoms with van der Waals surface area (Å²) in [6, 6.07) is -14.1. The second-order valence-corrected chi connectivity index (χ2v) is 23.3. The first kappa shape index (κ1) is 74.1. The van der Waals surface area contributed by atoms with Gasteiger partial charge in [0, 0.05) is 6.42 Å². The zero-order valence-electron chi connectivity index (χ0n) is 50.7. The Bertz CT molecular complexity index is 2080. The summed E-state index contributed by atoms with van der Waals surface area (Å²) in [7, 11) is 0. The fraction of sp³-hybridized carbons (Fsp3) is 0.807. The molecule has 0 spiro atoms. The van der Waals surface area contributed by atoms with Crippen LogP contribution in [0.25, 0.3) is 0 Å². The molecule has 9 amide bonds. The van der Waals surface area contributed by atoms with Crippen LogP contribution in [0.2, 0.25) is 0 Å². The number of amides is 9. The molecule has 0 aromatic heterocycles. The van der Waals surface area contributed by atoms with E-state index in [2.05, 4.69) is 54.8 Å². The van der Waals surface area contributed by atoms with Crippen LogP contribution < -0.4 is 47.9 Å². The summed E-state index contributed by atoms with van der Waals surface area (Å²) in [5.41, 5.74) is 0. The molecule has 0 aromatic carbocycles. The fourth-order valence-electron chi connectivity index (χ4n) is 9.13. The number of unbranched alkanes of at least 4 members (excludes halogenated alkanes) is 6. The number of carbonyl (C=O) groups is 11. The van der Waals surface area contributed by atoms with Gasteiger partial charge in [-0.2, -0.15) is 0 Å². The van der Waals surface area contributed by atoms with Crippen molar-refractivity contribution in [2.75, 3.05) is 13.2 Å². The molecule has 1 fully saturated rings. The molecule has 1 aliphatic rings. The minimum atomic E-state index is -1.95. The molecular weight excluding hydrogens is 1070 g/mol. The average Bonchev–Trinajstić information content (AvgIpc) is 3.58. The standard InChI is InChI=1S/C57H101N9O16/c1-13-16-17-18-19-20-21-22-37(69)28-44(70)58-39(25-31(4)5)50(74)59-38(23-24-45(71)72)49(73)66-48-36(12)82-57(81)47(35(11)15-3)65-54(78)43(30-68)63-51(75)40(26-32(6)7)60-53(77)42(29-67)62-52(76)41(27-33(8)9)61-55(79)46(34(10)14-2)64-56(48)80/h31-43,46-48,67-69H,13-30H2,1-12H3,(H,58,70)(H,59,74)(H,60,77)(H,61,79)(H,62,76)(H,63,75)(H,64,80)(H,65,78)(H,66,73)(H,71,72)/t34-,35+,36-,37-,38-,39+,40+,41+,42-,43-,46?,47?,48?/m1/s1. The third kappa shape index (κ3) is 27.4. The van der Waals surface area contributed by atoms with E-state index in [4.69, 9.17) is 4.74 Å². The first-order valence-corrected chi connectivity index (χ1v) is 29.6. The lowest BCUT2D eigenvalue weighted by Gasteiger charge is -2.32. The number of esters is 1. The van der Waals surface area contributed by atoms with Gasteiger partial charge in [0.25, 0.3) is 0 Å². The van der Waals surface area contributed by atoms with Crippen molar-refractivity contribution in [3.05, 3.63) is 0 Å². The van der Waals surface area contributed by atoms with E-state index in [-0.39, 0.29) is 56.3 Å². The Morgan fingerprint density at radius 3 is 1.50 bits per heavy atom. The lowest BCUT2D eigenvalue weighted by Crippen LogP contribution is -2.64. The van der Waals surface area contributed by atoms with Crippen molar-refractivity contribution < 1.29 is 77.9 Å². The van der Waals surface area contributed by atoms with Gasteiger partial charge in [-0.05, 0) is 68.6 Å². The fourth-order valence-corrected chi connectivity index (χ4v) is 9.13. The molecule has 1 aliphatic heterocycles. The molecule has 13 atom stereocenters. The summed E-state index contributed by atoms with van der Waals surface area (Å²) in [6.07, 6.45) is 3.74. The van der Waals surface area contributed by atoms with E-state index in [9.17, 15) is 73.2 Å². The lowest BCUT2D eigenvalue weighted by molar-refractivity contribution is -0.158. The first-order valence-electron chi connectivity index (χ1n) is 29.6. The Hall–Kier alpha value is -5.95. The quantitative estimate of drug-likeness (QED) is 0.0356. The number of aliphatic hydroxyl groups excluding tert-OH is 3. The Kier molecular flexibility index (Phi) is 35.0. The highest BCUT2D eigenvalue weighted by Gasteiger charge is 2.41. The maximum absolute atomic E-state index is 14.8. The van der Waals surface area contributed by atoms with Crippen molar-refractivity contribution in [3.63, 3.8) is 0 Å². The van der Waals surface area contributed by atoms with E-state index in [1.165, 1.54) is 6.92 Å². The number of carbonyl (C=O) groups excluding carboxylic acids is 10. The molecule has 0 radical (unpaired) electrons. The van der Waals surface area contributed by atoms with Crippen molar-refractivity contribution in [2.45, 2.75) is 252 Å². The van der Waals surface area contributed by atoms with E-state index in [1.807, 2.05) is 0 Å². The number of carboxylic acids is 1. The normalized spacial score (nSPS) is 23.9. The SMILES string of the molecule is CCCCCCCCC[C@@H](O)CC(=O)N[C@@H](CC(C)C)C(=O)N[C@H](CCC(=O)O)C(=O)NC1C(=O)NC([C@H](C)CC)C(=O)N[C@@H](CC(C)C)C(=O)N[C@H](CO)C(=O)N[C@@H](CC(C)C)C(=O)N[C@H](CO)C(=O)NC([C@@H](C)CC)C(=O)O[C@@H]1C. The number of aliphatic carboxylic acids is 1. The maximum atomic E-state index is 14.8. The number of aliphatic hydroxyl groups is 3. The van der Waals surface area contributed by atoms with Gasteiger partial charge in [-0.3, -0.25) is 47.9 Å². The highest BCUT2D eigenvalue weighted by atomic mass is 16.5. The third-order valence-electron chi connectivity index (χ3n) is 14.4. The van der Waals surface area contributed by atoms with Crippen LogP contribution in [0.4, 0.5) is 0 Å². The lowest BCUT2D eigenvalue weighted by atomic mass is 9.96. The van der Waals surface area contributed by atoms with Gasteiger partial charge in [0.05, 0.1) is 25.7 Å². The Balaban J connectivity index is 3.98. The van der Waals surface area contributed by atoms with Crippen LogP contribution in [-0.4, -0.2) is 165 Å². The Morgan fingerprint density at radius 2 is 1.01 bits per heavy atom. The summed E-state index contributed by atoms with van der Waals surface area (Å²) >= 11 is 0. The maximum Gasteiger partial charge on any atom is 0.329 e. The minimum absolute atomic E-state index is 0.00953. The van der Waals surface area contributed by atoms with Gasteiger partial charge in [-0.1, -0.05) is 134 Å². The van der Waals surface area contributed by atoms with Gasteiger partial charge >= 0.3 is 11.9 Å². The molecular formula is C57H101N9O16. The molecule has 1 rings (SSSR count). The molecule has 470 valence electrons. The second-order valence-electron chi connectivity index (χ2n) is 23.3. The predicted molar refractivity (Wildman–Crippen MR) is 304 cm³/mol. The van der Waals surface area contributed by atoms with Gasteiger partial charge in [-0.15, -0.1) is 0 Å². The Morgan fingerprint density at radius 1 is 0.549 bits per heavy atom. The zero-order valence-corrected chi connectivity index (χ0v) is 50.7. The number of nitrogens with one attached hydrogen (secondary N) is 9. The van der Waals surface area contributed by atoms with E-state index < -0.39 is 170 Å². The van der Waals surface area contributed by atoms with Crippen LogP contribution in [0.5, 0.6) is 0 Å². The summed E-state index contributed by atoms with van der Waals surface area (Å²) in [5, 5.41) is 63.9.